The fourth-order valence-electron chi connectivity index (χ4n) is 3.31. The number of hydrazone groups is 1. The van der Waals surface area contributed by atoms with Gasteiger partial charge in [0.1, 0.15) is 5.69 Å². The molecule has 1 amide bonds. The zero-order valence-electron chi connectivity index (χ0n) is 16.4. The number of benzene rings is 3. The molecule has 0 fully saturated rings. The van der Waals surface area contributed by atoms with Gasteiger partial charge >= 0.3 is 0 Å². The van der Waals surface area contributed by atoms with Crippen LogP contribution in [0.2, 0.25) is 0 Å². The number of fused-ring (bicyclic) bond motifs is 1. The van der Waals surface area contributed by atoms with Crippen molar-refractivity contribution in [3.8, 4) is 11.1 Å². The van der Waals surface area contributed by atoms with E-state index < -0.39 is 15.8 Å². The van der Waals surface area contributed by atoms with Gasteiger partial charge in [0.2, 0.25) is 0 Å². The SMILES string of the molecule is O=C(N/N=C/c1cccc([N+](=O)[O-])c1)c1[nH]c2ccc([N+](=O)[O-])cc2c1-c1ccccc1. The first-order valence-corrected chi connectivity index (χ1v) is 9.37. The van der Waals surface area contributed by atoms with Gasteiger partial charge in [-0.3, -0.25) is 25.0 Å². The zero-order chi connectivity index (χ0) is 22.7. The Kier molecular flexibility index (Phi) is 5.41. The Hall–Kier alpha value is -4.86. The summed E-state index contributed by atoms with van der Waals surface area (Å²) < 4.78 is 0. The Morgan fingerprint density at radius 3 is 2.34 bits per heavy atom. The number of nitrogens with zero attached hydrogens (tertiary/aromatic N) is 3. The Balaban J connectivity index is 1.70. The second kappa shape index (κ2) is 8.48. The van der Waals surface area contributed by atoms with Gasteiger partial charge in [-0.1, -0.05) is 42.5 Å². The number of amides is 1. The van der Waals surface area contributed by atoms with Gasteiger partial charge in [-0.15, -0.1) is 0 Å². The van der Waals surface area contributed by atoms with E-state index in [4.69, 9.17) is 0 Å². The lowest BCUT2D eigenvalue weighted by Crippen LogP contribution is -2.18. The lowest BCUT2D eigenvalue weighted by molar-refractivity contribution is -0.385. The summed E-state index contributed by atoms with van der Waals surface area (Å²) in [5.41, 5.74) is 4.60. The highest BCUT2D eigenvalue weighted by atomic mass is 16.6. The summed E-state index contributed by atoms with van der Waals surface area (Å²) in [5, 5.41) is 26.5. The third-order valence-electron chi connectivity index (χ3n) is 4.74. The van der Waals surface area contributed by atoms with E-state index in [1.807, 2.05) is 6.07 Å². The monoisotopic (exact) mass is 429 g/mol. The number of carbonyl (C=O) groups is 1. The molecule has 3 aromatic carbocycles. The molecule has 0 aliphatic rings. The molecule has 0 spiro atoms. The van der Waals surface area contributed by atoms with Crippen molar-refractivity contribution < 1.29 is 14.6 Å². The summed E-state index contributed by atoms with van der Waals surface area (Å²) in [6, 6.07) is 19.1. The summed E-state index contributed by atoms with van der Waals surface area (Å²) in [4.78, 5) is 37.0. The number of nitrogens with one attached hydrogen (secondary N) is 2. The predicted octanol–water partition coefficient (Wildman–Crippen LogP) is 4.42. The minimum atomic E-state index is -0.565. The van der Waals surface area contributed by atoms with Crippen LogP contribution in [-0.4, -0.2) is 27.0 Å². The molecule has 0 unspecified atom stereocenters. The van der Waals surface area contributed by atoms with Gasteiger partial charge in [0.05, 0.1) is 16.1 Å². The third-order valence-corrected chi connectivity index (χ3v) is 4.74. The molecule has 0 aliphatic carbocycles. The maximum Gasteiger partial charge on any atom is 0.288 e. The van der Waals surface area contributed by atoms with Crippen LogP contribution in [0.1, 0.15) is 16.1 Å². The second-order valence-electron chi connectivity index (χ2n) is 6.78. The van der Waals surface area contributed by atoms with Crippen molar-refractivity contribution in [3.05, 3.63) is 104 Å². The van der Waals surface area contributed by atoms with Crippen LogP contribution in [0, 0.1) is 20.2 Å². The molecule has 0 radical (unpaired) electrons. The topological polar surface area (TPSA) is 144 Å². The molecule has 0 saturated carbocycles. The van der Waals surface area contributed by atoms with Crippen LogP contribution >= 0.6 is 0 Å². The van der Waals surface area contributed by atoms with E-state index in [1.54, 1.807) is 36.4 Å². The van der Waals surface area contributed by atoms with Crippen molar-refractivity contribution in [2.24, 2.45) is 5.10 Å². The molecule has 10 heteroatoms. The fourth-order valence-corrected chi connectivity index (χ4v) is 3.31. The van der Waals surface area contributed by atoms with Gasteiger partial charge in [0.25, 0.3) is 17.3 Å². The molecular formula is C22H15N5O5. The van der Waals surface area contributed by atoms with Crippen LogP contribution in [0.3, 0.4) is 0 Å². The van der Waals surface area contributed by atoms with E-state index in [0.29, 0.717) is 27.6 Å². The number of nitro groups is 2. The molecule has 0 aliphatic heterocycles. The van der Waals surface area contributed by atoms with Crippen molar-refractivity contribution in [3.63, 3.8) is 0 Å². The van der Waals surface area contributed by atoms with Crippen molar-refractivity contribution in [2.75, 3.05) is 0 Å². The van der Waals surface area contributed by atoms with Crippen LogP contribution in [-0.2, 0) is 0 Å². The van der Waals surface area contributed by atoms with Crippen molar-refractivity contribution in [1.82, 2.24) is 10.4 Å². The van der Waals surface area contributed by atoms with E-state index >= 15 is 0 Å². The van der Waals surface area contributed by atoms with E-state index in [2.05, 4.69) is 15.5 Å². The quantitative estimate of drug-likeness (QED) is 0.265. The number of aromatic amines is 1. The van der Waals surface area contributed by atoms with Gasteiger partial charge in [0.15, 0.2) is 0 Å². The van der Waals surface area contributed by atoms with Gasteiger partial charge < -0.3 is 4.98 Å². The summed E-state index contributed by atoms with van der Waals surface area (Å²) >= 11 is 0. The van der Waals surface area contributed by atoms with Crippen molar-refractivity contribution >= 4 is 34.4 Å². The Morgan fingerprint density at radius 1 is 0.906 bits per heavy atom. The summed E-state index contributed by atoms with van der Waals surface area (Å²) in [7, 11) is 0. The lowest BCUT2D eigenvalue weighted by atomic mass is 10.0. The summed E-state index contributed by atoms with van der Waals surface area (Å²) in [5.74, 6) is -0.565. The Bertz CT molecular complexity index is 1380. The molecule has 0 bridgehead atoms. The smallest absolute Gasteiger partial charge is 0.288 e. The molecule has 10 nitrogen and oxygen atoms in total. The minimum absolute atomic E-state index is 0.0932. The van der Waals surface area contributed by atoms with Crippen LogP contribution in [0.15, 0.2) is 77.9 Å². The maximum absolute atomic E-state index is 12.9. The number of carbonyl (C=O) groups excluding carboxylic acids is 1. The van der Waals surface area contributed by atoms with Gasteiger partial charge in [-0.25, -0.2) is 5.43 Å². The van der Waals surface area contributed by atoms with Crippen LogP contribution in [0.25, 0.3) is 22.0 Å². The third kappa shape index (κ3) is 4.05. The summed E-state index contributed by atoms with van der Waals surface area (Å²) in [6.07, 6.45) is 1.29. The number of hydrogen-bond donors (Lipinski definition) is 2. The second-order valence-corrected chi connectivity index (χ2v) is 6.78. The van der Waals surface area contributed by atoms with Crippen LogP contribution in [0.5, 0.6) is 0 Å². The highest BCUT2D eigenvalue weighted by Gasteiger charge is 2.21. The zero-order valence-corrected chi connectivity index (χ0v) is 16.4. The fraction of sp³-hybridized carbons (Fsp3) is 0. The molecule has 158 valence electrons. The van der Waals surface area contributed by atoms with Gasteiger partial charge in [-0.2, -0.15) is 5.10 Å². The van der Waals surface area contributed by atoms with E-state index in [-0.39, 0.29) is 17.1 Å². The maximum atomic E-state index is 12.9. The normalized spacial score (nSPS) is 11.0. The Labute approximate surface area is 180 Å². The largest absolute Gasteiger partial charge is 0.350 e. The molecule has 4 aromatic rings. The first-order valence-electron chi connectivity index (χ1n) is 9.37. The van der Waals surface area contributed by atoms with Crippen LogP contribution < -0.4 is 5.43 Å². The number of non-ortho nitro benzene ring substituents is 2. The van der Waals surface area contributed by atoms with Crippen LogP contribution in [0.4, 0.5) is 11.4 Å². The number of aromatic nitrogens is 1. The number of rotatable bonds is 6. The molecule has 1 aromatic heterocycles. The molecule has 0 atom stereocenters. The summed E-state index contributed by atoms with van der Waals surface area (Å²) in [6.45, 7) is 0. The molecule has 1 heterocycles. The lowest BCUT2D eigenvalue weighted by Gasteiger charge is -2.04. The standard InChI is InChI=1S/C22H15N5O5/c28-22(25-23-13-14-5-4-8-16(11-14)26(29)30)21-20(15-6-2-1-3-7-15)18-12-17(27(31)32)9-10-19(18)24-21/h1-13,24H,(H,25,28)/b23-13+. The minimum Gasteiger partial charge on any atom is -0.350 e. The van der Waals surface area contributed by atoms with E-state index in [1.165, 1.54) is 36.5 Å². The first-order chi connectivity index (χ1) is 15.4. The average molecular weight is 429 g/mol. The highest BCUT2D eigenvalue weighted by molar-refractivity contribution is 6.10. The molecule has 2 N–H and O–H groups in total. The van der Waals surface area contributed by atoms with Gasteiger partial charge in [0, 0.05) is 46.3 Å². The first kappa shape index (κ1) is 20.4. The molecular weight excluding hydrogens is 414 g/mol. The Morgan fingerprint density at radius 2 is 1.62 bits per heavy atom. The highest BCUT2D eigenvalue weighted by Crippen LogP contribution is 2.34. The molecule has 0 saturated heterocycles. The van der Waals surface area contributed by atoms with Crippen molar-refractivity contribution in [2.45, 2.75) is 0 Å². The van der Waals surface area contributed by atoms with E-state index in [0.717, 1.165) is 0 Å². The van der Waals surface area contributed by atoms with E-state index in [9.17, 15) is 25.0 Å². The van der Waals surface area contributed by atoms with Gasteiger partial charge in [-0.05, 0) is 11.6 Å². The predicted molar refractivity (Wildman–Crippen MR) is 119 cm³/mol. The van der Waals surface area contributed by atoms with Crippen molar-refractivity contribution in [1.29, 1.82) is 0 Å². The number of H-pyrrole nitrogens is 1. The average Bonchev–Trinajstić information content (AvgIpc) is 3.18. The molecule has 4 rings (SSSR count). The number of nitro benzene ring substituents is 2. The molecule has 32 heavy (non-hydrogen) atoms. The number of hydrogen-bond acceptors (Lipinski definition) is 6.